The molecule has 1 fully saturated rings. The number of nitrogens with two attached hydrogens (primary N) is 1. The number of ether oxygens (including phenoxy) is 1. The lowest BCUT2D eigenvalue weighted by atomic mass is 9.69. The van der Waals surface area contributed by atoms with Gasteiger partial charge in [0.05, 0.1) is 23.1 Å². The zero-order chi connectivity index (χ0) is 29.4. The van der Waals surface area contributed by atoms with E-state index in [0.717, 1.165) is 36.9 Å². The largest absolute Gasteiger partial charge is 0.483 e. The lowest BCUT2D eigenvalue weighted by molar-refractivity contribution is 0.100. The van der Waals surface area contributed by atoms with Crippen molar-refractivity contribution in [2.75, 3.05) is 6.54 Å². The second-order valence-electron chi connectivity index (χ2n) is 10.6. The van der Waals surface area contributed by atoms with Crippen molar-refractivity contribution in [2.24, 2.45) is 12.8 Å². The van der Waals surface area contributed by atoms with E-state index < -0.39 is 11.7 Å². The van der Waals surface area contributed by atoms with Crippen molar-refractivity contribution in [1.82, 2.24) is 15.1 Å². The van der Waals surface area contributed by atoms with Crippen LogP contribution in [0.2, 0.25) is 0 Å². The second kappa shape index (κ2) is 11.2. The normalized spacial score (nSPS) is 20.8. The predicted molar refractivity (Wildman–Crippen MR) is 156 cm³/mol. The van der Waals surface area contributed by atoms with Gasteiger partial charge < -0.3 is 20.2 Å². The highest BCUT2D eigenvalue weighted by molar-refractivity contribution is 6.31. The van der Waals surface area contributed by atoms with Gasteiger partial charge in [0.2, 0.25) is 5.91 Å². The zero-order valence-corrected chi connectivity index (χ0v) is 23.6. The minimum Gasteiger partial charge on any atom is -0.483 e. The summed E-state index contributed by atoms with van der Waals surface area (Å²) in [5.74, 6) is -1.57. The Hall–Kier alpha value is -4.21. The van der Waals surface area contributed by atoms with Crippen LogP contribution in [0, 0.1) is 5.82 Å². The van der Waals surface area contributed by atoms with Crippen LogP contribution in [0.4, 0.5) is 8.78 Å². The van der Waals surface area contributed by atoms with E-state index in [1.165, 1.54) is 12.5 Å². The molecule has 1 amide bonds. The molecule has 0 saturated carbocycles. The van der Waals surface area contributed by atoms with E-state index in [0.29, 0.717) is 16.8 Å². The summed E-state index contributed by atoms with van der Waals surface area (Å²) < 4.78 is 41.2. The number of rotatable bonds is 4. The van der Waals surface area contributed by atoms with Gasteiger partial charge in [-0.15, -0.1) is 0 Å². The Morgan fingerprint density at radius 2 is 2.02 bits per heavy atom. The second-order valence-corrected chi connectivity index (χ2v) is 11.0. The van der Waals surface area contributed by atoms with Crippen LogP contribution in [0.5, 0.6) is 5.75 Å². The molecule has 1 aliphatic carbocycles. The summed E-state index contributed by atoms with van der Waals surface area (Å²) in [7, 11) is 1.77. The van der Waals surface area contributed by atoms with Crippen molar-refractivity contribution in [2.45, 2.75) is 37.3 Å². The van der Waals surface area contributed by atoms with Crippen LogP contribution in [-0.4, -0.2) is 28.3 Å². The smallest absolute Gasteiger partial charge is 0.249 e. The number of furan rings is 1. The Morgan fingerprint density at radius 1 is 1.21 bits per heavy atom. The van der Waals surface area contributed by atoms with Crippen LogP contribution in [0.25, 0.3) is 22.3 Å². The number of allylic oxidation sites excluding steroid dienone is 3. The molecule has 0 bridgehead atoms. The van der Waals surface area contributed by atoms with Crippen LogP contribution in [0.1, 0.15) is 40.9 Å². The quantitative estimate of drug-likeness (QED) is 0.282. The highest BCUT2D eigenvalue weighted by atomic mass is 35.5. The van der Waals surface area contributed by atoms with Gasteiger partial charge in [0.15, 0.2) is 11.6 Å². The van der Waals surface area contributed by atoms with Crippen molar-refractivity contribution < 1.29 is 22.7 Å². The molecule has 4 aromatic rings. The number of hydrogen-bond acceptors (Lipinski definition) is 5. The fraction of sp³-hybridized carbons (Fsp3) is 0.250. The number of halogens is 3. The number of aromatic nitrogens is 2. The van der Waals surface area contributed by atoms with Gasteiger partial charge >= 0.3 is 0 Å². The molecule has 2 aromatic heterocycles. The first-order valence-electron chi connectivity index (χ1n) is 13.7. The Bertz CT molecular complexity index is 1690. The topological polar surface area (TPSA) is 95.3 Å². The Morgan fingerprint density at radius 3 is 2.69 bits per heavy atom. The van der Waals surface area contributed by atoms with Gasteiger partial charge in [-0.3, -0.25) is 9.48 Å². The van der Waals surface area contributed by atoms with Crippen LogP contribution in [0.15, 0.2) is 88.6 Å². The number of nitrogens with zero attached hydrogens (tertiary/aromatic N) is 2. The lowest BCUT2D eigenvalue weighted by Gasteiger charge is -2.38. The van der Waals surface area contributed by atoms with E-state index in [2.05, 4.69) is 22.5 Å². The molecule has 2 aliphatic heterocycles. The minimum absolute atomic E-state index is 0.0722. The molecule has 3 N–H and O–H groups in total. The average molecular weight is 591 g/mol. The number of hydrogen-bond donors (Lipinski definition) is 2. The number of carbonyl (C=O) groups excluding carboxylic acids is 1. The predicted octanol–water partition coefficient (Wildman–Crippen LogP) is 6.53. The van der Waals surface area contributed by atoms with Crippen LogP contribution >= 0.6 is 11.6 Å². The molecular formula is C32H29ClF2N4O3. The van der Waals surface area contributed by atoms with Gasteiger partial charge in [0.25, 0.3) is 0 Å². The summed E-state index contributed by atoms with van der Waals surface area (Å²) in [6, 6.07) is 13.6. The van der Waals surface area contributed by atoms with E-state index in [1.54, 1.807) is 36.1 Å². The Balaban J connectivity index is 0.000000153. The summed E-state index contributed by atoms with van der Waals surface area (Å²) in [6.45, 7) is 1.17. The van der Waals surface area contributed by atoms with Crippen molar-refractivity contribution >= 4 is 17.5 Å². The fourth-order valence-corrected chi connectivity index (χ4v) is 6.22. The van der Waals surface area contributed by atoms with Crippen LogP contribution < -0.4 is 15.8 Å². The molecule has 2 unspecified atom stereocenters. The number of nitrogens with one attached hydrogen (secondary N) is 1. The monoisotopic (exact) mass is 590 g/mol. The third-order valence-corrected chi connectivity index (χ3v) is 8.41. The van der Waals surface area contributed by atoms with E-state index in [-0.39, 0.29) is 45.8 Å². The highest BCUT2D eigenvalue weighted by Crippen LogP contribution is 2.45. The molecule has 7 rings (SSSR count). The number of aryl methyl sites for hydroxylation is 1. The summed E-state index contributed by atoms with van der Waals surface area (Å²) in [5, 5.41) is 8.02. The van der Waals surface area contributed by atoms with Gasteiger partial charge in [-0.2, -0.15) is 5.10 Å². The molecule has 1 saturated heterocycles. The molecule has 2 aromatic carbocycles. The Kier molecular flexibility index (Phi) is 7.47. The molecule has 3 aliphatic rings. The van der Waals surface area contributed by atoms with Gasteiger partial charge in [0, 0.05) is 47.0 Å². The maximum atomic E-state index is 15.0. The molecular weight excluding hydrogens is 562 g/mol. The standard InChI is InChI=1S/C16H17ClFN.C16H12FN3O3/c17-13-8-9-16(11-14(13)18,15-7-4-10-19-15)12-5-2-1-3-6-12;1-20-5-11-9-4-10(16(18)21)13(8-2-3-22-6-8)14(17)15(9)23-7-12(11)19-20/h1-3,5-6,8,11,15,19H,4,7,9-10H2;2-6H,7H2,1H3,(H2,18,21). The molecule has 0 radical (unpaired) electrons. The third-order valence-electron chi connectivity index (χ3n) is 8.07. The van der Waals surface area contributed by atoms with E-state index in [9.17, 15) is 9.18 Å². The summed E-state index contributed by atoms with van der Waals surface area (Å²) in [5.41, 5.74) is 8.77. The van der Waals surface area contributed by atoms with Gasteiger partial charge in [-0.1, -0.05) is 48.0 Å². The number of benzene rings is 2. The van der Waals surface area contributed by atoms with Gasteiger partial charge in [-0.25, -0.2) is 8.78 Å². The first-order valence-corrected chi connectivity index (χ1v) is 14.0. The molecule has 10 heteroatoms. The minimum atomic E-state index is -0.723. The summed E-state index contributed by atoms with van der Waals surface area (Å²) >= 11 is 5.89. The molecule has 216 valence electrons. The van der Waals surface area contributed by atoms with Crippen molar-refractivity contribution in [3.8, 4) is 28.0 Å². The zero-order valence-electron chi connectivity index (χ0n) is 22.9. The van der Waals surface area contributed by atoms with Gasteiger partial charge in [0.1, 0.15) is 18.1 Å². The van der Waals surface area contributed by atoms with E-state index in [4.69, 9.17) is 26.5 Å². The first-order chi connectivity index (χ1) is 20.3. The maximum Gasteiger partial charge on any atom is 0.249 e. The van der Waals surface area contributed by atoms with E-state index in [1.807, 2.05) is 24.3 Å². The van der Waals surface area contributed by atoms with Crippen LogP contribution in [-0.2, 0) is 19.1 Å². The highest BCUT2D eigenvalue weighted by Gasteiger charge is 2.41. The molecule has 2 atom stereocenters. The van der Waals surface area contributed by atoms with Crippen molar-refractivity contribution in [1.29, 1.82) is 0 Å². The first kappa shape index (κ1) is 27.9. The molecule has 42 heavy (non-hydrogen) atoms. The number of amides is 1. The maximum absolute atomic E-state index is 15.0. The number of fused-ring (bicyclic) bond motifs is 3. The number of primary amides is 1. The van der Waals surface area contributed by atoms with Crippen molar-refractivity contribution in [3.63, 3.8) is 0 Å². The van der Waals surface area contributed by atoms with Crippen LogP contribution in [0.3, 0.4) is 0 Å². The molecule has 7 nitrogen and oxygen atoms in total. The summed E-state index contributed by atoms with van der Waals surface area (Å²) in [6.07, 6.45) is 11.0. The van der Waals surface area contributed by atoms with Gasteiger partial charge in [-0.05, 0) is 49.6 Å². The average Bonchev–Trinajstić information content (AvgIpc) is 3.78. The SMILES string of the molecule is Cn1cc2c(n1)COc1c-2cc(C(N)=O)c(-c2ccoc2)c1F.FC1=CC(c2ccccc2)(C2CCCN2)CC=C1Cl. The van der Waals surface area contributed by atoms with Crippen molar-refractivity contribution in [3.05, 3.63) is 107 Å². The number of carbonyl (C=O) groups is 1. The molecule has 0 spiro atoms. The molecule has 4 heterocycles. The Labute approximate surface area is 246 Å². The lowest BCUT2D eigenvalue weighted by Crippen LogP contribution is -2.44. The fourth-order valence-electron chi connectivity index (χ4n) is 6.09. The third kappa shape index (κ3) is 4.92. The summed E-state index contributed by atoms with van der Waals surface area (Å²) in [4.78, 5) is 11.8. The van der Waals surface area contributed by atoms with E-state index >= 15 is 4.39 Å².